The second kappa shape index (κ2) is 7.54. The van der Waals surface area contributed by atoms with E-state index in [2.05, 4.69) is 5.32 Å². The molecule has 0 aliphatic carbocycles. The zero-order valence-corrected chi connectivity index (χ0v) is 12.6. The molecule has 120 valence electrons. The van der Waals surface area contributed by atoms with Crippen LogP contribution in [-0.2, 0) is 19.0 Å². The van der Waals surface area contributed by atoms with Gasteiger partial charge >= 0.3 is 0 Å². The molecule has 3 saturated heterocycles. The van der Waals surface area contributed by atoms with Crippen LogP contribution in [0.2, 0.25) is 0 Å². The predicted octanol–water partition coefficient (Wildman–Crippen LogP) is 0.161. The van der Waals surface area contributed by atoms with Crippen molar-refractivity contribution in [2.75, 3.05) is 46.0 Å². The largest absolute Gasteiger partial charge is 0.377 e. The zero-order valence-electron chi connectivity index (χ0n) is 12.6. The first kappa shape index (κ1) is 15.2. The molecule has 0 spiro atoms. The van der Waals surface area contributed by atoms with E-state index in [9.17, 15) is 4.79 Å². The molecular formula is C15H26N2O4. The van der Waals surface area contributed by atoms with E-state index in [1.54, 1.807) is 0 Å². The van der Waals surface area contributed by atoms with Gasteiger partial charge in [0.05, 0.1) is 25.4 Å². The molecule has 3 aliphatic rings. The molecule has 0 unspecified atom stereocenters. The molecule has 3 heterocycles. The van der Waals surface area contributed by atoms with E-state index in [1.807, 2.05) is 4.90 Å². The quantitative estimate of drug-likeness (QED) is 0.783. The summed E-state index contributed by atoms with van der Waals surface area (Å²) < 4.78 is 17.0. The monoisotopic (exact) mass is 298 g/mol. The Balaban J connectivity index is 1.38. The van der Waals surface area contributed by atoms with Crippen LogP contribution in [0.15, 0.2) is 0 Å². The van der Waals surface area contributed by atoms with Crippen LogP contribution in [0.25, 0.3) is 0 Å². The van der Waals surface area contributed by atoms with Gasteiger partial charge in [-0.15, -0.1) is 0 Å². The number of hydrogen-bond donors (Lipinski definition) is 1. The lowest BCUT2D eigenvalue weighted by atomic mass is 10.1. The van der Waals surface area contributed by atoms with Crippen LogP contribution in [0.5, 0.6) is 0 Å². The standard InChI is InChI=1S/C15H26N2O4/c18-15(10-16-9-12-3-1-6-19-12)17-5-8-21-14(11-17)13-4-2-7-20-13/h12-14,16H,1-11H2/t12-,13+,14+/m0/s1. The van der Waals surface area contributed by atoms with Gasteiger partial charge < -0.3 is 24.4 Å². The van der Waals surface area contributed by atoms with Crippen molar-refractivity contribution in [2.24, 2.45) is 0 Å². The number of nitrogens with one attached hydrogen (secondary N) is 1. The van der Waals surface area contributed by atoms with E-state index < -0.39 is 0 Å². The molecule has 3 rings (SSSR count). The molecule has 0 bridgehead atoms. The Morgan fingerprint density at radius 3 is 2.62 bits per heavy atom. The summed E-state index contributed by atoms with van der Waals surface area (Å²) in [5.74, 6) is 0.152. The average Bonchev–Trinajstić information content (AvgIpc) is 3.21. The van der Waals surface area contributed by atoms with Crippen LogP contribution >= 0.6 is 0 Å². The summed E-state index contributed by atoms with van der Waals surface area (Å²) in [6.45, 7) is 4.79. The molecule has 3 atom stereocenters. The molecule has 21 heavy (non-hydrogen) atoms. The lowest BCUT2D eigenvalue weighted by Crippen LogP contribution is -2.52. The van der Waals surface area contributed by atoms with E-state index in [0.717, 1.165) is 45.4 Å². The fourth-order valence-electron chi connectivity index (χ4n) is 3.28. The summed E-state index contributed by atoms with van der Waals surface area (Å²) in [7, 11) is 0. The Bertz CT molecular complexity index is 341. The van der Waals surface area contributed by atoms with Gasteiger partial charge in [-0.05, 0) is 25.7 Å². The smallest absolute Gasteiger partial charge is 0.236 e. The van der Waals surface area contributed by atoms with Crippen molar-refractivity contribution in [2.45, 2.75) is 44.0 Å². The topological polar surface area (TPSA) is 60.0 Å². The molecular weight excluding hydrogens is 272 g/mol. The molecule has 3 aliphatic heterocycles. The molecule has 0 aromatic carbocycles. The number of morpholine rings is 1. The first-order valence-electron chi connectivity index (χ1n) is 8.16. The molecule has 1 amide bonds. The lowest BCUT2D eigenvalue weighted by Gasteiger charge is -2.35. The highest BCUT2D eigenvalue weighted by atomic mass is 16.5. The van der Waals surface area contributed by atoms with Crippen LogP contribution in [0.4, 0.5) is 0 Å². The first-order chi connectivity index (χ1) is 10.3. The molecule has 0 saturated carbocycles. The molecule has 6 nitrogen and oxygen atoms in total. The third-order valence-electron chi connectivity index (χ3n) is 4.50. The summed E-state index contributed by atoms with van der Waals surface area (Å²) in [6, 6.07) is 0. The minimum absolute atomic E-state index is 0.0448. The van der Waals surface area contributed by atoms with Gasteiger partial charge in [-0.25, -0.2) is 0 Å². The minimum Gasteiger partial charge on any atom is -0.377 e. The highest BCUT2D eigenvalue weighted by Crippen LogP contribution is 2.21. The zero-order chi connectivity index (χ0) is 14.5. The van der Waals surface area contributed by atoms with Gasteiger partial charge in [0, 0.05) is 32.8 Å². The maximum atomic E-state index is 12.3. The fourth-order valence-corrected chi connectivity index (χ4v) is 3.28. The Morgan fingerprint density at radius 1 is 1.05 bits per heavy atom. The Kier molecular flexibility index (Phi) is 5.46. The number of carbonyl (C=O) groups excluding carboxylic acids is 1. The molecule has 6 heteroatoms. The Morgan fingerprint density at radius 2 is 1.86 bits per heavy atom. The third kappa shape index (κ3) is 4.16. The highest BCUT2D eigenvalue weighted by Gasteiger charge is 2.32. The van der Waals surface area contributed by atoms with Crippen LogP contribution < -0.4 is 5.32 Å². The summed E-state index contributed by atoms with van der Waals surface area (Å²) in [4.78, 5) is 14.2. The summed E-state index contributed by atoms with van der Waals surface area (Å²) in [6.07, 6.45) is 4.86. The molecule has 1 N–H and O–H groups in total. The van der Waals surface area contributed by atoms with Gasteiger partial charge in [0.25, 0.3) is 0 Å². The second-order valence-electron chi connectivity index (χ2n) is 6.07. The maximum Gasteiger partial charge on any atom is 0.236 e. The Hall–Kier alpha value is -0.690. The van der Waals surface area contributed by atoms with Gasteiger partial charge in [-0.2, -0.15) is 0 Å². The minimum atomic E-state index is 0.0448. The SMILES string of the molecule is O=C(CNC[C@@H]1CCCO1)N1CCO[C@@H]([C@H]2CCCO2)C1. The van der Waals surface area contributed by atoms with Gasteiger partial charge in [0.1, 0.15) is 6.10 Å². The number of amides is 1. The van der Waals surface area contributed by atoms with E-state index >= 15 is 0 Å². The summed E-state index contributed by atoms with van der Waals surface area (Å²) in [5, 5.41) is 3.22. The number of rotatable bonds is 5. The second-order valence-corrected chi connectivity index (χ2v) is 6.07. The van der Waals surface area contributed by atoms with Crippen LogP contribution in [0, 0.1) is 0 Å². The molecule has 0 radical (unpaired) electrons. The van der Waals surface area contributed by atoms with Crippen LogP contribution in [-0.4, -0.2) is 75.1 Å². The van der Waals surface area contributed by atoms with E-state index in [1.165, 1.54) is 0 Å². The number of hydrogen-bond acceptors (Lipinski definition) is 5. The lowest BCUT2D eigenvalue weighted by molar-refractivity contribution is -0.143. The third-order valence-corrected chi connectivity index (χ3v) is 4.50. The number of ether oxygens (including phenoxy) is 3. The van der Waals surface area contributed by atoms with E-state index in [0.29, 0.717) is 26.2 Å². The van der Waals surface area contributed by atoms with Crippen molar-refractivity contribution in [3.05, 3.63) is 0 Å². The van der Waals surface area contributed by atoms with Crippen LogP contribution in [0.1, 0.15) is 25.7 Å². The van der Waals surface area contributed by atoms with Gasteiger partial charge in [-0.1, -0.05) is 0 Å². The average molecular weight is 298 g/mol. The van der Waals surface area contributed by atoms with Gasteiger partial charge in [0.2, 0.25) is 5.91 Å². The summed E-state index contributed by atoms with van der Waals surface area (Å²) in [5.41, 5.74) is 0. The normalized spacial score (nSPS) is 33.5. The summed E-state index contributed by atoms with van der Waals surface area (Å²) >= 11 is 0. The van der Waals surface area contributed by atoms with Crippen molar-refractivity contribution in [1.29, 1.82) is 0 Å². The molecule has 0 aromatic heterocycles. The maximum absolute atomic E-state index is 12.3. The van der Waals surface area contributed by atoms with Crippen molar-refractivity contribution in [3.63, 3.8) is 0 Å². The Labute approximate surface area is 126 Å². The van der Waals surface area contributed by atoms with Crippen LogP contribution in [0.3, 0.4) is 0 Å². The van der Waals surface area contributed by atoms with E-state index in [-0.39, 0.29) is 24.2 Å². The molecule has 3 fully saturated rings. The number of carbonyl (C=O) groups is 1. The highest BCUT2D eigenvalue weighted by molar-refractivity contribution is 5.78. The predicted molar refractivity (Wildman–Crippen MR) is 77.1 cm³/mol. The molecule has 0 aromatic rings. The first-order valence-corrected chi connectivity index (χ1v) is 8.16. The van der Waals surface area contributed by atoms with Crippen molar-refractivity contribution in [3.8, 4) is 0 Å². The van der Waals surface area contributed by atoms with Gasteiger partial charge in [-0.3, -0.25) is 4.79 Å². The number of nitrogens with zero attached hydrogens (tertiary/aromatic N) is 1. The van der Waals surface area contributed by atoms with Gasteiger partial charge in [0.15, 0.2) is 0 Å². The van der Waals surface area contributed by atoms with Crippen molar-refractivity contribution < 1.29 is 19.0 Å². The fraction of sp³-hybridized carbons (Fsp3) is 0.933. The van der Waals surface area contributed by atoms with E-state index in [4.69, 9.17) is 14.2 Å². The van der Waals surface area contributed by atoms with Crippen molar-refractivity contribution in [1.82, 2.24) is 10.2 Å². The van der Waals surface area contributed by atoms with Crippen molar-refractivity contribution >= 4 is 5.91 Å².